The smallest absolute Gasteiger partial charge is 0.0746 e. The monoisotopic (exact) mass is 276 g/mol. The summed E-state index contributed by atoms with van der Waals surface area (Å²) >= 11 is 5.15. The van der Waals surface area contributed by atoms with E-state index in [1.807, 2.05) is 0 Å². The summed E-state index contributed by atoms with van der Waals surface area (Å²) in [6, 6.07) is 11.0. The van der Waals surface area contributed by atoms with E-state index in [4.69, 9.17) is 18.0 Å². The van der Waals surface area contributed by atoms with Crippen LogP contribution in [0.15, 0.2) is 30.3 Å². The Balaban J connectivity index is 2.15. The largest absolute Gasteiger partial charge is 0.393 e. The third kappa shape index (κ3) is 4.29. The molecule has 3 heteroatoms. The van der Waals surface area contributed by atoms with Crippen LogP contribution in [0.3, 0.4) is 0 Å². The molecule has 19 heavy (non-hydrogen) atoms. The Kier molecular flexibility index (Phi) is 5.34. The van der Waals surface area contributed by atoms with Gasteiger partial charge in [0.2, 0.25) is 0 Å². The number of hydrogen-bond donors (Lipinski definition) is 1. The number of rotatable bonds is 4. The van der Waals surface area contributed by atoms with Gasteiger partial charge in [0.25, 0.3) is 0 Å². The second-order valence-electron chi connectivity index (χ2n) is 5.67. The number of benzene rings is 1. The van der Waals surface area contributed by atoms with E-state index in [1.54, 1.807) is 0 Å². The average Bonchev–Trinajstić information content (AvgIpc) is 2.62. The lowest BCUT2D eigenvalue weighted by Gasteiger charge is -2.31. The van der Waals surface area contributed by atoms with E-state index in [-0.39, 0.29) is 0 Å². The Morgan fingerprint density at radius 2 is 2.05 bits per heavy atom. The van der Waals surface area contributed by atoms with Crippen molar-refractivity contribution in [2.24, 2.45) is 11.7 Å². The van der Waals surface area contributed by atoms with Crippen molar-refractivity contribution >= 4 is 17.2 Å². The molecule has 1 aliphatic heterocycles. The first-order chi connectivity index (χ1) is 9.16. The fourth-order valence-electron chi connectivity index (χ4n) is 2.92. The van der Waals surface area contributed by atoms with Crippen LogP contribution in [0.5, 0.6) is 0 Å². The molecule has 1 aliphatic rings. The van der Waals surface area contributed by atoms with Crippen LogP contribution in [0.4, 0.5) is 0 Å². The predicted molar refractivity (Wildman–Crippen MR) is 85.2 cm³/mol. The quantitative estimate of drug-likeness (QED) is 0.853. The van der Waals surface area contributed by atoms with Crippen LogP contribution in [-0.4, -0.2) is 23.0 Å². The number of likely N-dealkylation sites (tertiary alicyclic amines) is 1. The molecule has 1 heterocycles. The zero-order valence-corrected chi connectivity index (χ0v) is 12.5. The molecule has 2 N–H and O–H groups in total. The maximum Gasteiger partial charge on any atom is 0.0746 e. The van der Waals surface area contributed by atoms with E-state index in [2.05, 4.69) is 42.2 Å². The Morgan fingerprint density at radius 3 is 2.74 bits per heavy atom. The van der Waals surface area contributed by atoms with E-state index in [9.17, 15) is 0 Å². The summed E-state index contributed by atoms with van der Waals surface area (Å²) in [5, 5.41) is 0. The third-order valence-electron chi connectivity index (χ3n) is 4.07. The van der Waals surface area contributed by atoms with Crippen LogP contribution in [0.25, 0.3) is 0 Å². The molecule has 0 aromatic heterocycles. The highest BCUT2D eigenvalue weighted by Crippen LogP contribution is 2.28. The summed E-state index contributed by atoms with van der Waals surface area (Å²) in [5.41, 5.74) is 7.15. The van der Waals surface area contributed by atoms with Crippen LogP contribution in [0, 0.1) is 5.92 Å². The van der Waals surface area contributed by atoms with Gasteiger partial charge in [0.1, 0.15) is 0 Å². The van der Waals surface area contributed by atoms with Gasteiger partial charge in [0, 0.05) is 12.5 Å². The molecule has 0 aliphatic carbocycles. The molecule has 104 valence electrons. The van der Waals surface area contributed by atoms with Crippen molar-refractivity contribution in [1.82, 2.24) is 4.90 Å². The first kappa shape index (κ1) is 14.5. The van der Waals surface area contributed by atoms with E-state index in [0.717, 1.165) is 25.4 Å². The topological polar surface area (TPSA) is 29.3 Å². The molecule has 2 rings (SSSR count). The third-order valence-corrected chi connectivity index (χ3v) is 4.24. The maximum absolute atomic E-state index is 5.81. The van der Waals surface area contributed by atoms with Crippen LogP contribution in [0.2, 0.25) is 0 Å². The molecule has 0 saturated carbocycles. The standard InChI is InChI=1S/C16H24N2S/c1-13-6-5-10-18(11-9-13)15(12-16(17)19)14-7-3-2-4-8-14/h2-4,7-8,13,15H,5-6,9-12H2,1H3,(H2,17,19). The number of nitrogens with zero attached hydrogens (tertiary/aromatic N) is 1. The summed E-state index contributed by atoms with van der Waals surface area (Å²) in [6.07, 6.45) is 4.68. The highest BCUT2D eigenvalue weighted by molar-refractivity contribution is 7.80. The lowest BCUT2D eigenvalue weighted by atomic mass is 10.0. The van der Waals surface area contributed by atoms with Gasteiger partial charge < -0.3 is 5.73 Å². The predicted octanol–water partition coefficient (Wildman–Crippen LogP) is 3.53. The minimum absolute atomic E-state index is 0.351. The Labute approximate surface area is 122 Å². The molecule has 2 atom stereocenters. The van der Waals surface area contributed by atoms with Gasteiger partial charge in [-0.25, -0.2) is 0 Å². The first-order valence-corrected chi connectivity index (χ1v) is 7.65. The minimum atomic E-state index is 0.351. The fraction of sp³-hybridized carbons (Fsp3) is 0.562. The normalized spacial score (nSPS) is 22.7. The average molecular weight is 276 g/mol. The molecule has 2 unspecified atom stereocenters. The van der Waals surface area contributed by atoms with Crippen LogP contribution < -0.4 is 5.73 Å². The molecule has 0 radical (unpaired) electrons. The second kappa shape index (κ2) is 7.01. The Morgan fingerprint density at radius 1 is 1.32 bits per heavy atom. The Bertz CT molecular complexity index is 404. The minimum Gasteiger partial charge on any atom is -0.393 e. The van der Waals surface area contributed by atoms with Gasteiger partial charge in [-0.3, -0.25) is 4.90 Å². The first-order valence-electron chi connectivity index (χ1n) is 7.24. The van der Waals surface area contributed by atoms with Crippen molar-refractivity contribution in [3.8, 4) is 0 Å². The molecular formula is C16H24N2S. The summed E-state index contributed by atoms with van der Waals surface area (Å²) < 4.78 is 0. The molecule has 2 nitrogen and oxygen atoms in total. The van der Waals surface area contributed by atoms with Gasteiger partial charge in [-0.2, -0.15) is 0 Å². The SMILES string of the molecule is CC1CCCN(C(CC(N)=S)c2ccccc2)CC1. The molecule has 1 aromatic rings. The zero-order valence-electron chi connectivity index (χ0n) is 11.7. The van der Waals surface area contributed by atoms with E-state index < -0.39 is 0 Å². The number of nitrogens with two attached hydrogens (primary N) is 1. The Hall–Kier alpha value is -0.930. The highest BCUT2D eigenvalue weighted by atomic mass is 32.1. The van der Waals surface area contributed by atoms with Crippen molar-refractivity contribution in [1.29, 1.82) is 0 Å². The van der Waals surface area contributed by atoms with Gasteiger partial charge >= 0.3 is 0 Å². The van der Waals surface area contributed by atoms with Gasteiger partial charge in [0.05, 0.1) is 4.99 Å². The van der Waals surface area contributed by atoms with E-state index in [0.29, 0.717) is 11.0 Å². The fourth-order valence-corrected chi connectivity index (χ4v) is 3.08. The molecule has 0 bridgehead atoms. The molecule has 0 spiro atoms. The molecule has 1 aromatic carbocycles. The van der Waals surface area contributed by atoms with Gasteiger partial charge in [0.15, 0.2) is 0 Å². The van der Waals surface area contributed by atoms with Gasteiger partial charge in [-0.05, 0) is 43.8 Å². The van der Waals surface area contributed by atoms with Crippen molar-refractivity contribution in [2.45, 2.75) is 38.6 Å². The van der Waals surface area contributed by atoms with Crippen molar-refractivity contribution in [2.75, 3.05) is 13.1 Å². The van der Waals surface area contributed by atoms with E-state index >= 15 is 0 Å². The highest BCUT2D eigenvalue weighted by Gasteiger charge is 2.23. The summed E-state index contributed by atoms with van der Waals surface area (Å²) in [4.78, 5) is 3.18. The van der Waals surface area contributed by atoms with Crippen molar-refractivity contribution in [3.05, 3.63) is 35.9 Å². The molecule has 0 amide bonds. The van der Waals surface area contributed by atoms with Gasteiger partial charge in [-0.1, -0.05) is 49.5 Å². The van der Waals surface area contributed by atoms with Crippen LogP contribution in [0.1, 0.15) is 44.2 Å². The number of hydrogen-bond acceptors (Lipinski definition) is 2. The maximum atomic E-state index is 5.81. The summed E-state index contributed by atoms with van der Waals surface area (Å²) in [6.45, 7) is 4.67. The van der Waals surface area contributed by atoms with E-state index in [1.165, 1.54) is 24.8 Å². The lowest BCUT2D eigenvalue weighted by Crippen LogP contribution is -2.32. The second-order valence-corrected chi connectivity index (χ2v) is 6.19. The summed E-state index contributed by atoms with van der Waals surface area (Å²) in [7, 11) is 0. The van der Waals surface area contributed by atoms with Crippen molar-refractivity contribution < 1.29 is 0 Å². The molecule has 1 fully saturated rings. The molecular weight excluding hydrogens is 252 g/mol. The summed E-state index contributed by atoms with van der Waals surface area (Å²) in [5.74, 6) is 0.839. The van der Waals surface area contributed by atoms with Gasteiger partial charge in [-0.15, -0.1) is 0 Å². The number of thiocarbonyl (C=S) groups is 1. The van der Waals surface area contributed by atoms with Crippen molar-refractivity contribution in [3.63, 3.8) is 0 Å². The lowest BCUT2D eigenvalue weighted by molar-refractivity contribution is 0.207. The molecule has 1 saturated heterocycles. The zero-order chi connectivity index (χ0) is 13.7. The van der Waals surface area contributed by atoms with Crippen LogP contribution >= 0.6 is 12.2 Å². The van der Waals surface area contributed by atoms with Crippen LogP contribution in [-0.2, 0) is 0 Å².